The van der Waals surface area contributed by atoms with Crippen LogP contribution in [-0.4, -0.2) is 29.6 Å². The number of alkyl halides is 3. The normalized spacial score (nSPS) is 20.6. The molecule has 0 fully saturated rings. The number of carbonyl (C=O) groups is 1. The summed E-state index contributed by atoms with van der Waals surface area (Å²) in [7, 11) is 0. The second-order valence-corrected chi connectivity index (χ2v) is 9.15. The summed E-state index contributed by atoms with van der Waals surface area (Å²) in [6, 6.07) is 6.92. The van der Waals surface area contributed by atoms with E-state index in [2.05, 4.69) is 0 Å². The minimum atomic E-state index is -4.26. The zero-order valence-corrected chi connectivity index (χ0v) is 18.6. The Labute approximate surface area is 185 Å². The van der Waals surface area contributed by atoms with Crippen LogP contribution in [0.2, 0.25) is 0 Å². The van der Waals surface area contributed by atoms with Crippen LogP contribution < -0.4 is 10.5 Å². The van der Waals surface area contributed by atoms with Gasteiger partial charge >= 0.3 is 12.1 Å². The molecule has 2 unspecified atom stereocenters. The van der Waals surface area contributed by atoms with Crippen molar-refractivity contribution in [3.8, 4) is 5.75 Å². The molecule has 0 bridgehead atoms. The predicted octanol–water partition coefficient (Wildman–Crippen LogP) is 5.71. The van der Waals surface area contributed by atoms with Crippen molar-refractivity contribution < 1.29 is 27.8 Å². The SMILES string of the molecule is C/C(SCC1=CCC(C)(C(F)(F)F)C=C1)=C(/N)C(C)COc1cccc(CC(=O)O)c1. The largest absolute Gasteiger partial charge is 0.493 e. The van der Waals surface area contributed by atoms with E-state index in [0.29, 0.717) is 29.4 Å². The van der Waals surface area contributed by atoms with Gasteiger partial charge in [0.2, 0.25) is 0 Å². The third kappa shape index (κ3) is 7.09. The molecule has 0 saturated heterocycles. The van der Waals surface area contributed by atoms with Gasteiger partial charge in [0.25, 0.3) is 0 Å². The lowest BCUT2D eigenvalue weighted by molar-refractivity contribution is -0.199. The van der Waals surface area contributed by atoms with E-state index in [1.807, 2.05) is 13.8 Å². The van der Waals surface area contributed by atoms with Gasteiger partial charge in [-0.1, -0.05) is 37.3 Å². The second kappa shape index (κ2) is 10.3. The Balaban J connectivity index is 1.89. The molecule has 0 heterocycles. The number of hydrogen-bond donors (Lipinski definition) is 2. The molecule has 1 aliphatic carbocycles. The highest BCUT2D eigenvalue weighted by Gasteiger charge is 2.49. The van der Waals surface area contributed by atoms with E-state index in [9.17, 15) is 18.0 Å². The van der Waals surface area contributed by atoms with Gasteiger partial charge in [-0.3, -0.25) is 4.79 Å². The quantitative estimate of drug-likeness (QED) is 0.499. The Morgan fingerprint density at radius 3 is 2.68 bits per heavy atom. The summed E-state index contributed by atoms with van der Waals surface area (Å²) in [5.41, 5.74) is 6.61. The third-order valence-electron chi connectivity index (χ3n) is 5.25. The first-order chi connectivity index (χ1) is 14.4. The number of carboxylic acid groups (broad SMARTS) is 1. The Kier molecular flexibility index (Phi) is 8.28. The van der Waals surface area contributed by atoms with Crippen molar-refractivity contribution in [1.82, 2.24) is 0 Å². The number of hydrogen-bond acceptors (Lipinski definition) is 4. The van der Waals surface area contributed by atoms with Crippen LogP contribution in [0.1, 0.15) is 32.8 Å². The summed E-state index contributed by atoms with van der Waals surface area (Å²) >= 11 is 1.49. The van der Waals surface area contributed by atoms with Crippen LogP contribution in [0, 0.1) is 11.3 Å². The summed E-state index contributed by atoms with van der Waals surface area (Å²) < 4.78 is 45.0. The number of rotatable bonds is 9. The lowest BCUT2D eigenvalue weighted by Gasteiger charge is -2.30. The van der Waals surface area contributed by atoms with E-state index in [-0.39, 0.29) is 18.8 Å². The van der Waals surface area contributed by atoms with Gasteiger partial charge in [-0.25, -0.2) is 0 Å². The molecular weight excluding hydrogens is 427 g/mol. The predicted molar refractivity (Wildman–Crippen MR) is 118 cm³/mol. The molecule has 3 N–H and O–H groups in total. The van der Waals surface area contributed by atoms with Crippen LogP contribution in [0.25, 0.3) is 0 Å². The van der Waals surface area contributed by atoms with Crippen LogP contribution in [-0.2, 0) is 11.2 Å². The van der Waals surface area contributed by atoms with Gasteiger partial charge in [-0.15, -0.1) is 11.8 Å². The van der Waals surface area contributed by atoms with Crippen LogP contribution >= 0.6 is 11.8 Å². The number of ether oxygens (including phenoxy) is 1. The van der Waals surface area contributed by atoms with Gasteiger partial charge in [0.1, 0.15) is 5.75 Å². The molecule has 0 saturated carbocycles. The highest BCUT2D eigenvalue weighted by atomic mass is 32.2. The molecule has 0 radical (unpaired) electrons. The maximum atomic E-state index is 13.1. The average Bonchev–Trinajstić information content (AvgIpc) is 2.69. The molecule has 0 aromatic heterocycles. The summed E-state index contributed by atoms with van der Waals surface area (Å²) in [5, 5.41) is 8.89. The van der Waals surface area contributed by atoms with Crippen molar-refractivity contribution in [2.24, 2.45) is 17.1 Å². The number of benzene rings is 1. The highest BCUT2D eigenvalue weighted by molar-refractivity contribution is 8.03. The average molecular weight is 456 g/mol. The first-order valence-corrected chi connectivity index (χ1v) is 10.9. The van der Waals surface area contributed by atoms with E-state index >= 15 is 0 Å². The lowest BCUT2D eigenvalue weighted by Crippen LogP contribution is -2.33. The number of nitrogens with two attached hydrogens (primary N) is 1. The molecule has 2 atom stereocenters. The van der Waals surface area contributed by atoms with Gasteiger partial charge < -0.3 is 15.6 Å². The van der Waals surface area contributed by atoms with Crippen LogP contribution in [0.4, 0.5) is 13.2 Å². The van der Waals surface area contributed by atoms with Crippen molar-refractivity contribution in [3.05, 3.63) is 64.2 Å². The Morgan fingerprint density at radius 2 is 2.10 bits per heavy atom. The fraction of sp³-hybridized carbons (Fsp3) is 0.435. The minimum absolute atomic E-state index is 0.0632. The fourth-order valence-corrected chi connectivity index (χ4v) is 3.91. The smallest absolute Gasteiger partial charge is 0.397 e. The molecule has 4 nitrogen and oxygen atoms in total. The monoisotopic (exact) mass is 455 g/mol. The number of aliphatic carboxylic acids is 1. The number of carboxylic acids is 1. The molecule has 31 heavy (non-hydrogen) atoms. The van der Waals surface area contributed by atoms with Crippen molar-refractivity contribution >= 4 is 17.7 Å². The molecule has 0 amide bonds. The van der Waals surface area contributed by atoms with Crippen LogP contribution in [0.3, 0.4) is 0 Å². The van der Waals surface area contributed by atoms with Gasteiger partial charge in [0.05, 0.1) is 18.4 Å². The van der Waals surface area contributed by atoms with E-state index < -0.39 is 17.6 Å². The van der Waals surface area contributed by atoms with E-state index in [1.54, 1.807) is 36.4 Å². The third-order valence-corrected chi connectivity index (χ3v) is 6.39. The standard InChI is InChI=1S/C23H28F3NO3S/c1-15(13-30-19-6-4-5-18(11-19)12-20(28)29)21(27)16(2)31-14-17-7-9-22(3,10-8-17)23(24,25)26/h4-9,11,15H,10,12-14,27H2,1-3H3,(H,28,29)/b21-16-. The molecule has 1 aromatic carbocycles. The molecule has 8 heteroatoms. The molecular formula is C23H28F3NO3S. The van der Waals surface area contributed by atoms with Crippen molar-refractivity contribution in [3.63, 3.8) is 0 Å². The van der Waals surface area contributed by atoms with Gasteiger partial charge in [0, 0.05) is 22.3 Å². The number of halogens is 3. The summed E-state index contributed by atoms with van der Waals surface area (Å²) in [6.45, 7) is 5.34. The summed E-state index contributed by atoms with van der Waals surface area (Å²) in [5.74, 6) is 0.132. The lowest BCUT2D eigenvalue weighted by atomic mass is 9.81. The minimum Gasteiger partial charge on any atom is -0.493 e. The second-order valence-electron chi connectivity index (χ2n) is 7.96. The Morgan fingerprint density at radius 1 is 1.39 bits per heavy atom. The topological polar surface area (TPSA) is 72.5 Å². The molecule has 1 aromatic rings. The Hall–Kier alpha value is -2.35. The zero-order chi connectivity index (χ0) is 23.2. The molecule has 2 rings (SSSR count). The number of allylic oxidation sites excluding steroid dienone is 4. The van der Waals surface area contributed by atoms with E-state index in [1.165, 1.54) is 24.8 Å². The van der Waals surface area contributed by atoms with Gasteiger partial charge in [-0.05, 0) is 43.5 Å². The molecule has 0 spiro atoms. The maximum absolute atomic E-state index is 13.1. The van der Waals surface area contributed by atoms with Crippen molar-refractivity contribution in [2.45, 2.75) is 39.8 Å². The summed E-state index contributed by atoms with van der Waals surface area (Å²) in [6.07, 6.45) is 0.0236. The van der Waals surface area contributed by atoms with Gasteiger partial charge in [0.15, 0.2) is 0 Å². The molecule has 0 aliphatic heterocycles. The fourth-order valence-electron chi connectivity index (χ4n) is 2.94. The molecule has 170 valence electrons. The maximum Gasteiger partial charge on any atom is 0.397 e. The highest BCUT2D eigenvalue weighted by Crippen LogP contribution is 2.44. The molecule has 1 aliphatic rings. The van der Waals surface area contributed by atoms with E-state index in [4.69, 9.17) is 15.6 Å². The first-order valence-electron chi connectivity index (χ1n) is 9.89. The van der Waals surface area contributed by atoms with Crippen molar-refractivity contribution in [1.29, 1.82) is 0 Å². The van der Waals surface area contributed by atoms with Gasteiger partial charge in [-0.2, -0.15) is 13.2 Å². The van der Waals surface area contributed by atoms with Crippen molar-refractivity contribution in [2.75, 3.05) is 12.4 Å². The number of thioether (sulfide) groups is 1. The van der Waals surface area contributed by atoms with E-state index in [0.717, 1.165) is 10.5 Å². The first kappa shape index (κ1) is 24.9. The Bertz CT molecular complexity index is 892. The van der Waals surface area contributed by atoms with Crippen LogP contribution in [0.5, 0.6) is 5.75 Å². The summed E-state index contributed by atoms with van der Waals surface area (Å²) in [4.78, 5) is 11.7. The zero-order valence-electron chi connectivity index (χ0n) is 17.8. The van der Waals surface area contributed by atoms with Crippen LogP contribution in [0.15, 0.2) is 58.7 Å².